The molecule has 0 spiro atoms. The van der Waals surface area contributed by atoms with Crippen LogP contribution < -0.4 is 10.9 Å². The standard InChI is InChI=1S/C17H17Cl2N3O4S/c1-22(2)27(25,26)12-6-3-5-11(9-12)17(24)21-20-16(23)10-13-14(18)7-4-8-15(13)19/h3-9H,10H2,1-2H3,(H,20,23)(H,21,24). The van der Waals surface area contributed by atoms with Crippen LogP contribution in [0.25, 0.3) is 0 Å². The SMILES string of the molecule is CN(C)S(=O)(=O)c1cccc(C(=O)NNC(=O)Cc2c(Cl)cccc2Cl)c1. The first-order chi connectivity index (χ1) is 12.6. The fourth-order valence-electron chi connectivity index (χ4n) is 2.11. The van der Waals surface area contributed by atoms with Gasteiger partial charge in [0.15, 0.2) is 0 Å². The number of carbonyl (C=O) groups is 2. The zero-order chi connectivity index (χ0) is 20.2. The second-order valence-electron chi connectivity index (χ2n) is 5.69. The average molecular weight is 430 g/mol. The van der Waals surface area contributed by atoms with E-state index in [9.17, 15) is 18.0 Å². The molecular weight excluding hydrogens is 413 g/mol. The molecule has 2 amide bonds. The van der Waals surface area contributed by atoms with Gasteiger partial charge < -0.3 is 0 Å². The van der Waals surface area contributed by atoms with Crippen molar-refractivity contribution in [1.29, 1.82) is 0 Å². The lowest BCUT2D eigenvalue weighted by atomic mass is 10.1. The van der Waals surface area contributed by atoms with Crippen LogP contribution in [0.5, 0.6) is 0 Å². The predicted molar refractivity (Wildman–Crippen MR) is 103 cm³/mol. The molecule has 0 heterocycles. The highest BCUT2D eigenvalue weighted by Crippen LogP contribution is 2.24. The number of rotatable bonds is 5. The van der Waals surface area contributed by atoms with Gasteiger partial charge in [0.05, 0.1) is 11.3 Å². The lowest BCUT2D eigenvalue weighted by Crippen LogP contribution is -2.42. The number of hydrogen-bond donors (Lipinski definition) is 2. The molecule has 0 aliphatic carbocycles. The van der Waals surface area contributed by atoms with Crippen molar-refractivity contribution in [2.75, 3.05) is 14.1 Å². The number of hydrazine groups is 1. The van der Waals surface area contributed by atoms with Gasteiger partial charge in [0.25, 0.3) is 5.91 Å². The summed E-state index contributed by atoms with van der Waals surface area (Å²) in [6.07, 6.45) is -0.131. The first-order valence-corrected chi connectivity index (χ1v) is 9.87. The third-order valence-corrected chi connectivity index (χ3v) is 6.11. The van der Waals surface area contributed by atoms with Crippen molar-refractivity contribution in [2.24, 2.45) is 0 Å². The Balaban J connectivity index is 2.05. The molecule has 0 bridgehead atoms. The molecule has 0 atom stereocenters. The number of carbonyl (C=O) groups excluding carboxylic acids is 2. The van der Waals surface area contributed by atoms with E-state index in [0.29, 0.717) is 15.6 Å². The Bertz CT molecular complexity index is 958. The molecule has 2 rings (SSSR count). The minimum atomic E-state index is -3.68. The molecule has 2 aromatic carbocycles. The summed E-state index contributed by atoms with van der Waals surface area (Å²) in [7, 11) is -0.896. The summed E-state index contributed by atoms with van der Waals surface area (Å²) in [5.74, 6) is -1.19. The number of hydrogen-bond acceptors (Lipinski definition) is 4. The van der Waals surface area contributed by atoms with Gasteiger partial charge in [-0.1, -0.05) is 35.3 Å². The molecule has 0 aliphatic rings. The number of nitrogens with one attached hydrogen (secondary N) is 2. The van der Waals surface area contributed by atoms with Gasteiger partial charge in [-0.25, -0.2) is 12.7 Å². The minimum Gasteiger partial charge on any atom is -0.273 e. The Labute approximate surface area is 167 Å². The minimum absolute atomic E-state index is 0.0330. The van der Waals surface area contributed by atoms with Crippen LogP contribution in [0.15, 0.2) is 47.4 Å². The fraction of sp³-hybridized carbons (Fsp3) is 0.176. The molecule has 2 N–H and O–H groups in total. The number of nitrogens with zero attached hydrogens (tertiary/aromatic N) is 1. The highest BCUT2D eigenvalue weighted by Gasteiger charge is 2.19. The van der Waals surface area contributed by atoms with E-state index in [1.54, 1.807) is 18.2 Å². The Kier molecular flexibility index (Phi) is 6.83. The normalized spacial score (nSPS) is 11.3. The smallest absolute Gasteiger partial charge is 0.269 e. The fourth-order valence-corrected chi connectivity index (χ4v) is 3.59. The topological polar surface area (TPSA) is 95.6 Å². The van der Waals surface area contributed by atoms with Crippen molar-refractivity contribution < 1.29 is 18.0 Å². The Hall–Kier alpha value is -2.13. The molecule has 0 aliphatic heterocycles. The van der Waals surface area contributed by atoms with Crippen LogP contribution in [0.4, 0.5) is 0 Å². The summed E-state index contributed by atoms with van der Waals surface area (Å²) >= 11 is 12.0. The highest BCUT2D eigenvalue weighted by atomic mass is 35.5. The third-order valence-electron chi connectivity index (χ3n) is 3.59. The summed E-state index contributed by atoms with van der Waals surface area (Å²) in [5, 5.41) is 0.677. The van der Waals surface area contributed by atoms with Gasteiger partial charge in [0.1, 0.15) is 0 Å². The predicted octanol–water partition coefficient (Wildman–Crippen LogP) is 2.25. The van der Waals surface area contributed by atoms with E-state index >= 15 is 0 Å². The largest absolute Gasteiger partial charge is 0.273 e. The second-order valence-corrected chi connectivity index (χ2v) is 8.66. The summed E-state index contributed by atoms with van der Waals surface area (Å²) in [6, 6.07) is 10.3. The van der Waals surface area contributed by atoms with Crippen molar-refractivity contribution in [3.8, 4) is 0 Å². The van der Waals surface area contributed by atoms with Crippen LogP contribution in [0, 0.1) is 0 Å². The van der Waals surface area contributed by atoms with Crippen molar-refractivity contribution in [2.45, 2.75) is 11.3 Å². The average Bonchev–Trinajstić information content (AvgIpc) is 2.62. The number of halogens is 2. The first-order valence-electron chi connectivity index (χ1n) is 7.67. The summed E-state index contributed by atoms with van der Waals surface area (Å²) in [4.78, 5) is 24.2. The Morgan fingerprint density at radius 2 is 1.59 bits per heavy atom. The van der Waals surface area contributed by atoms with E-state index in [-0.39, 0.29) is 16.9 Å². The molecule has 0 saturated carbocycles. The van der Waals surface area contributed by atoms with E-state index in [1.165, 1.54) is 38.4 Å². The maximum Gasteiger partial charge on any atom is 0.269 e. The highest BCUT2D eigenvalue weighted by molar-refractivity contribution is 7.89. The number of benzene rings is 2. The van der Waals surface area contributed by atoms with E-state index in [1.807, 2.05) is 0 Å². The van der Waals surface area contributed by atoms with E-state index in [4.69, 9.17) is 23.2 Å². The zero-order valence-corrected chi connectivity index (χ0v) is 16.8. The van der Waals surface area contributed by atoms with Crippen molar-refractivity contribution in [1.82, 2.24) is 15.2 Å². The van der Waals surface area contributed by atoms with Gasteiger partial charge >= 0.3 is 0 Å². The van der Waals surface area contributed by atoms with Crippen molar-refractivity contribution in [3.05, 3.63) is 63.6 Å². The summed E-state index contributed by atoms with van der Waals surface area (Å²) in [5.41, 5.74) is 5.00. The lowest BCUT2D eigenvalue weighted by molar-refractivity contribution is -0.121. The molecule has 2 aromatic rings. The van der Waals surface area contributed by atoms with Gasteiger partial charge in [-0.05, 0) is 35.9 Å². The van der Waals surface area contributed by atoms with Crippen LogP contribution in [-0.2, 0) is 21.2 Å². The second kappa shape index (κ2) is 8.71. The number of amides is 2. The lowest BCUT2D eigenvalue weighted by Gasteiger charge is -2.13. The van der Waals surface area contributed by atoms with E-state index in [2.05, 4.69) is 10.9 Å². The maximum absolute atomic E-state index is 12.2. The van der Waals surface area contributed by atoms with Gasteiger partial charge in [0.2, 0.25) is 15.9 Å². The maximum atomic E-state index is 12.2. The van der Waals surface area contributed by atoms with Crippen LogP contribution in [0.1, 0.15) is 15.9 Å². The third kappa shape index (κ3) is 5.20. The Morgan fingerprint density at radius 1 is 1.00 bits per heavy atom. The van der Waals surface area contributed by atoms with Gasteiger partial charge in [0, 0.05) is 29.7 Å². The molecule has 7 nitrogen and oxygen atoms in total. The van der Waals surface area contributed by atoms with Gasteiger partial charge in [-0.2, -0.15) is 0 Å². The van der Waals surface area contributed by atoms with Crippen LogP contribution in [0.3, 0.4) is 0 Å². The van der Waals surface area contributed by atoms with Crippen molar-refractivity contribution >= 4 is 45.0 Å². The first kappa shape index (κ1) is 21.2. The molecule has 0 radical (unpaired) electrons. The van der Waals surface area contributed by atoms with Gasteiger partial charge in [-0.3, -0.25) is 20.4 Å². The zero-order valence-electron chi connectivity index (χ0n) is 14.5. The van der Waals surface area contributed by atoms with E-state index in [0.717, 1.165) is 4.31 Å². The molecule has 0 saturated heterocycles. The molecule has 0 aromatic heterocycles. The van der Waals surface area contributed by atoms with E-state index < -0.39 is 21.8 Å². The number of sulfonamides is 1. The molecule has 0 fully saturated rings. The van der Waals surface area contributed by atoms with Crippen molar-refractivity contribution in [3.63, 3.8) is 0 Å². The molecule has 144 valence electrons. The Morgan fingerprint density at radius 3 is 2.19 bits per heavy atom. The van der Waals surface area contributed by atoms with Crippen LogP contribution >= 0.6 is 23.2 Å². The molecule has 10 heteroatoms. The van der Waals surface area contributed by atoms with Crippen LogP contribution in [-0.4, -0.2) is 38.6 Å². The quantitative estimate of drug-likeness (QED) is 0.712. The monoisotopic (exact) mass is 429 g/mol. The molecule has 27 heavy (non-hydrogen) atoms. The molecular formula is C17H17Cl2N3O4S. The summed E-state index contributed by atoms with van der Waals surface area (Å²) < 4.78 is 25.3. The summed E-state index contributed by atoms with van der Waals surface area (Å²) in [6.45, 7) is 0. The molecule has 0 unspecified atom stereocenters. The van der Waals surface area contributed by atoms with Gasteiger partial charge in [-0.15, -0.1) is 0 Å². The van der Waals surface area contributed by atoms with Crippen LogP contribution in [0.2, 0.25) is 10.0 Å².